The van der Waals surface area contributed by atoms with E-state index in [0.717, 1.165) is 0 Å². The van der Waals surface area contributed by atoms with E-state index in [1.165, 1.54) is 12.8 Å². The van der Waals surface area contributed by atoms with Gasteiger partial charge in [-0.3, -0.25) is 0 Å². The topological polar surface area (TPSA) is 37.4 Å². The Bertz CT molecular complexity index is 437. The van der Waals surface area contributed by atoms with Crippen molar-refractivity contribution in [2.45, 2.75) is 45.3 Å². The fourth-order valence-corrected chi connectivity index (χ4v) is 2.35. The average Bonchev–Trinajstić information content (AvgIpc) is 3.24. The van der Waals surface area contributed by atoms with Crippen LogP contribution in [-0.4, -0.2) is 37.3 Å². The van der Waals surface area contributed by atoms with Gasteiger partial charge in [-0.2, -0.15) is 0 Å². The highest BCUT2D eigenvalue weighted by molar-refractivity contribution is 5.44. The lowest BCUT2D eigenvalue weighted by molar-refractivity contribution is 0.181. The molecule has 0 radical (unpaired) electrons. The number of nitrogens with one attached hydrogen (secondary N) is 1. The Balaban J connectivity index is 2.13. The molecule has 0 amide bonds. The molecule has 1 N–H and O–H groups in total. The highest BCUT2D eigenvalue weighted by Gasteiger charge is 2.23. The molecule has 0 aliphatic heterocycles. The molecule has 0 aromatic carbocycles. The highest BCUT2D eigenvalue weighted by atomic mass is 19.1. The van der Waals surface area contributed by atoms with Crippen molar-refractivity contribution in [3.63, 3.8) is 0 Å². The second-order valence-corrected chi connectivity index (χ2v) is 5.35. The summed E-state index contributed by atoms with van der Waals surface area (Å²) < 4.78 is 19.8. The fourth-order valence-electron chi connectivity index (χ4n) is 2.35. The number of pyridine rings is 1. The van der Waals surface area contributed by atoms with E-state index in [-0.39, 0.29) is 11.9 Å². The first-order valence-corrected chi connectivity index (χ1v) is 7.29. The van der Waals surface area contributed by atoms with Gasteiger partial charge in [-0.15, -0.1) is 0 Å². The number of rotatable bonds is 8. The van der Waals surface area contributed by atoms with Crippen molar-refractivity contribution in [2.75, 3.05) is 25.2 Å². The molecule has 4 nitrogen and oxygen atoms in total. The SMILES string of the molecule is CCN(c1nccc(CNC2CC2)c1F)C(C)COC. The fraction of sp³-hybridized carbons (Fsp3) is 0.667. The van der Waals surface area contributed by atoms with Gasteiger partial charge in [-0.1, -0.05) is 0 Å². The number of nitrogens with zero attached hydrogens (tertiary/aromatic N) is 2. The van der Waals surface area contributed by atoms with Gasteiger partial charge in [-0.05, 0) is 32.8 Å². The van der Waals surface area contributed by atoms with Gasteiger partial charge >= 0.3 is 0 Å². The minimum Gasteiger partial charge on any atom is -0.383 e. The molecule has 1 atom stereocenters. The summed E-state index contributed by atoms with van der Waals surface area (Å²) in [6.07, 6.45) is 4.08. The Labute approximate surface area is 120 Å². The molecule has 2 rings (SSSR count). The normalized spacial score (nSPS) is 16.2. The standard InChI is InChI=1S/C15H24FN3O/c1-4-19(11(2)10-20-3)15-14(16)12(7-8-17-15)9-18-13-5-6-13/h7-8,11,13,18H,4-6,9-10H2,1-3H3. The van der Waals surface area contributed by atoms with Crippen molar-refractivity contribution in [3.8, 4) is 0 Å². The van der Waals surface area contributed by atoms with Gasteiger partial charge in [0.1, 0.15) is 0 Å². The van der Waals surface area contributed by atoms with Gasteiger partial charge in [0.15, 0.2) is 11.6 Å². The van der Waals surface area contributed by atoms with Crippen LogP contribution in [-0.2, 0) is 11.3 Å². The largest absolute Gasteiger partial charge is 0.383 e. The minimum absolute atomic E-state index is 0.0960. The predicted octanol–water partition coefficient (Wildman–Crippen LogP) is 2.33. The third-order valence-corrected chi connectivity index (χ3v) is 3.66. The quantitative estimate of drug-likeness (QED) is 0.793. The second-order valence-electron chi connectivity index (χ2n) is 5.35. The molecular weight excluding hydrogens is 257 g/mol. The van der Waals surface area contributed by atoms with Crippen molar-refractivity contribution in [1.29, 1.82) is 0 Å². The molecular formula is C15H24FN3O. The molecule has 0 spiro atoms. The van der Waals surface area contributed by atoms with Crippen molar-refractivity contribution in [3.05, 3.63) is 23.6 Å². The first-order chi connectivity index (χ1) is 9.67. The maximum absolute atomic E-state index is 14.6. The van der Waals surface area contributed by atoms with Gasteiger partial charge in [0.2, 0.25) is 0 Å². The Morgan fingerprint density at radius 1 is 1.55 bits per heavy atom. The van der Waals surface area contributed by atoms with Gasteiger partial charge in [0.05, 0.1) is 12.6 Å². The van der Waals surface area contributed by atoms with E-state index in [1.807, 2.05) is 18.7 Å². The number of methoxy groups -OCH3 is 1. The molecule has 20 heavy (non-hydrogen) atoms. The summed E-state index contributed by atoms with van der Waals surface area (Å²) in [7, 11) is 1.66. The van der Waals surface area contributed by atoms with Crippen LogP contribution in [0.3, 0.4) is 0 Å². The number of anilines is 1. The number of ether oxygens (including phenoxy) is 1. The first kappa shape index (κ1) is 15.2. The van der Waals surface area contributed by atoms with Crippen LogP contribution >= 0.6 is 0 Å². The summed E-state index contributed by atoms with van der Waals surface area (Å²) in [6, 6.07) is 2.42. The molecule has 1 aliphatic carbocycles. The summed E-state index contributed by atoms with van der Waals surface area (Å²) in [4.78, 5) is 6.17. The molecule has 112 valence electrons. The predicted molar refractivity (Wildman–Crippen MR) is 78.4 cm³/mol. The van der Waals surface area contributed by atoms with E-state index in [0.29, 0.717) is 37.1 Å². The second kappa shape index (κ2) is 6.99. The molecule has 1 aromatic rings. The van der Waals surface area contributed by atoms with Crippen molar-refractivity contribution in [1.82, 2.24) is 10.3 Å². The van der Waals surface area contributed by atoms with Crippen LogP contribution in [0.1, 0.15) is 32.3 Å². The Kier molecular flexibility index (Phi) is 5.31. The third kappa shape index (κ3) is 3.67. The summed E-state index contributed by atoms with van der Waals surface area (Å²) >= 11 is 0. The van der Waals surface area contributed by atoms with E-state index in [2.05, 4.69) is 10.3 Å². The molecule has 5 heteroatoms. The van der Waals surface area contributed by atoms with E-state index < -0.39 is 0 Å². The Morgan fingerprint density at radius 3 is 2.90 bits per heavy atom. The smallest absolute Gasteiger partial charge is 0.170 e. The van der Waals surface area contributed by atoms with Gasteiger partial charge in [0.25, 0.3) is 0 Å². The Morgan fingerprint density at radius 2 is 2.30 bits per heavy atom. The van der Waals surface area contributed by atoms with Crippen LogP contribution in [0, 0.1) is 5.82 Å². The van der Waals surface area contributed by atoms with Crippen LogP contribution < -0.4 is 10.2 Å². The molecule has 1 heterocycles. The molecule has 0 saturated heterocycles. The molecule has 1 aliphatic rings. The van der Waals surface area contributed by atoms with Crippen LogP contribution in [0.4, 0.5) is 10.2 Å². The molecule has 0 bridgehead atoms. The van der Waals surface area contributed by atoms with Crippen LogP contribution in [0.25, 0.3) is 0 Å². The van der Waals surface area contributed by atoms with Gasteiger partial charge < -0.3 is 15.0 Å². The van der Waals surface area contributed by atoms with Crippen molar-refractivity contribution >= 4 is 5.82 Å². The van der Waals surface area contributed by atoms with Crippen LogP contribution in [0.5, 0.6) is 0 Å². The van der Waals surface area contributed by atoms with E-state index in [1.54, 1.807) is 19.4 Å². The van der Waals surface area contributed by atoms with Gasteiger partial charge in [-0.25, -0.2) is 9.37 Å². The minimum atomic E-state index is -0.217. The zero-order chi connectivity index (χ0) is 14.5. The molecule has 1 saturated carbocycles. The van der Waals surface area contributed by atoms with Crippen LogP contribution in [0.2, 0.25) is 0 Å². The zero-order valence-corrected chi connectivity index (χ0v) is 12.5. The first-order valence-electron chi connectivity index (χ1n) is 7.29. The Hall–Kier alpha value is -1.20. The summed E-state index contributed by atoms with van der Waals surface area (Å²) in [5.74, 6) is 0.206. The van der Waals surface area contributed by atoms with E-state index in [4.69, 9.17) is 4.74 Å². The van der Waals surface area contributed by atoms with E-state index >= 15 is 0 Å². The molecule has 1 fully saturated rings. The lowest BCUT2D eigenvalue weighted by atomic mass is 10.2. The molecule has 1 aromatic heterocycles. The zero-order valence-electron chi connectivity index (χ0n) is 12.5. The lowest BCUT2D eigenvalue weighted by Gasteiger charge is -2.29. The van der Waals surface area contributed by atoms with Gasteiger partial charge in [0, 0.05) is 38.0 Å². The summed E-state index contributed by atoms with van der Waals surface area (Å²) in [6.45, 7) is 5.85. The summed E-state index contributed by atoms with van der Waals surface area (Å²) in [5.41, 5.74) is 0.685. The maximum Gasteiger partial charge on any atom is 0.170 e. The highest BCUT2D eigenvalue weighted by Crippen LogP contribution is 2.23. The van der Waals surface area contributed by atoms with Crippen molar-refractivity contribution < 1.29 is 9.13 Å². The van der Waals surface area contributed by atoms with Crippen LogP contribution in [0.15, 0.2) is 12.3 Å². The molecule has 1 unspecified atom stereocenters. The summed E-state index contributed by atoms with van der Waals surface area (Å²) in [5, 5.41) is 3.34. The number of aromatic nitrogens is 1. The van der Waals surface area contributed by atoms with E-state index in [9.17, 15) is 4.39 Å². The number of hydrogen-bond donors (Lipinski definition) is 1. The maximum atomic E-state index is 14.6. The number of likely N-dealkylation sites (N-methyl/N-ethyl adjacent to an activating group) is 1. The number of halogens is 1. The van der Waals surface area contributed by atoms with Crippen molar-refractivity contribution in [2.24, 2.45) is 0 Å². The number of hydrogen-bond acceptors (Lipinski definition) is 4. The monoisotopic (exact) mass is 281 g/mol. The lowest BCUT2D eigenvalue weighted by Crippen LogP contribution is -2.37. The average molecular weight is 281 g/mol. The third-order valence-electron chi connectivity index (χ3n) is 3.66.